The summed E-state index contributed by atoms with van der Waals surface area (Å²) in [5.74, 6) is 3.38. The lowest BCUT2D eigenvalue weighted by molar-refractivity contribution is 0.00352. The van der Waals surface area contributed by atoms with Crippen molar-refractivity contribution in [1.29, 1.82) is 0 Å². The van der Waals surface area contributed by atoms with Gasteiger partial charge in [-0.05, 0) is 26.3 Å². The van der Waals surface area contributed by atoms with Crippen molar-refractivity contribution >= 4 is 0 Å². The van der Waals surface area contributed by atoms with Crippen LogP contribution >= 0.6 is 0 Å². The lowest BCUT2D eigenvalue weighted by Crippen LogP contribution is -2.32. The van der Waals surface area contributed by atoms with E-state index >= 15 is 0 Å². The summed E-state index contributed by atoms with van der Waals surface area (Å²) < 4.78 is 25.9. The van der Waals surface area contributed by atoms with Crippen LogP contribution in [0.25, 0.3) is 0 Å². The van der Waals surface area contributed by atoms with Crippen molar-refractivity contribution in [3.8, 4) is 11.8 Å². The van der Waals surface area contributed by atoms with E-state index in [-0.39, 0.29) is 24.8 Å². The van der Waals surface area contributed by atoms with Crippen molar-refractivity contribution in [2.24, 2.45) is 5.92 Å². The Morgan fingerprint density at radius 1 is 1.57 bits per heavy atom. The maximum Gasteiger partial charge on any atom is 0.248 e. The highest BCUT2D eigenvalue weighted by Crippen LogP contribution is 2.40. The van der Waals surface area contributed by atoms with Gasteiger partial charge in [-0.15, -0.1) is 11.8 Å². The Kier molecular flexibility index (Phi) is 3.88. The van der Waals surface area contributed by atoms with Crippen molar-refractivity contribution in [1.82, 2.24) is 5.32 Å². The predicted octanol–water partition coefficient (Wildman–Crippen LogP) is 2.42. The average molecular weight is 201 g/mol. The largest absolute Gasteiger partial charge is 0.316 e. The zero-order valence-electron chi connectivity index (χ0n) is 8.74. The summed E-state index contributed by atoms with van der Waals surface area (Å²) >= 11 is 0. The maximum atomic E-state index is 12.9. The van der Waals surface area contributed by atoms with Crippen LogP contribution < -0.4 is 5.32 Å². The molecule has 3 heteroatoms. The second-order valence-electron chi connectivity index (χ2n) is 3.88. The Balaban J connectivity index is 2.49. The van der Waals surface area contributed by atoms with Crippen LogP contribution in [0.2, 0.25) is 0 Å². The Bertz CT molecular complexity index is 239. The van der Waals surface area contributed by atoms with E-state index in [4.69, 9.17) is 0 Å². The summed E-state index contributed by atoms with van der Waals surface area (Å²) in [6, 6.07) is 0.121. The fourth-order valence-corrected chi connectivity index (χ4v) is 2.04. The molecule has 0 radical (unpaired) electrons. The zero-order valence-corrected chi connectivity index (χ0v) is 8.74. The Labute approximate surface area is 84.3 Å². The van der Waals surface area contributed by atoms with Crippen LogP contribution in [0.5, 0.6) is 0 Å². The number of hydrogen-bond acceptors (Lipinski definition) is 1. The minimum atomic E-state index is -2.45. The molecule has 2 atom stereocenters. The highest BCUT2D eigenvalue weighted by atomic mass is 19.3. The Morgan fingerprint density at radius 2 is 2.29 bits per heavy atom. The van der Waals surface area contributed by atoms with Crippen LogP contribution in [-0.4, -0.2) is 19.0 Å². The summed E-state index contributed by atoms with van der Waals surface area (Å²) in [5, 5.41) is 3.08. The highest BCUT2D eigenvalue weighted by Gasteiger charge is 2.41. The first-order valence-corrected chi connectivity index (χ1v) is 5.04. The van der Waals surface area contributed by atoms with Crippen molar-refractivity contribution in [3.63, 3.8) is 0 Å². The first kappa shape index (κ1) is 11.5. The molecule has 0 bridgehead atoms. The van der Waals surface area contributed by atoms with Crippen molar-refractivity contribution in [3.05, 3.63) is 0 Å². The lowest BCUT2D eigenvalue weighted by Gasteiger charge is -2.20. The molecular formula is C11H17F2N. The van der Waals surface area contributed by atoms with Crippen LogP contribution in [0.4, 0.5) is 8.78 Å². The fraction of sp³-hybridized carbons (Fsp3) is 0.818. The molecule has 0 amide bonds. The van der Waals surface area contributed by atoms with Gasteiger partial charge in [-0.3, -0.25) is 0 Å². The van der Waals surface area contributed by atoms with Crippen LogP contribution in [0.1, 0.15) is 32.6 Å². The van der Waals surface area contributed by atoms with Crippen LogP contribution in [0.3, 0.4) is 0 Å². The standard InChI is InChI=1S/C11H17F2N/c1-3-4-5-10(14-2)9-6-7-11(12,13)8-9/h9-10,14H,5-8H2,1-2H3. The van der Waals surface area contributed by atoms with Gasteiger partial charge in [0.05, 0.1) is 0 Å². The first-order valence-electron chi connectivity index (χ1n) is 5.04. The van der Waals surface area contributed by atoms with E-state index in [0.717, 1.165) is 0 Å². The molecule has 0 spiro atoms. The minimum Gasteiger partial charge on any atom is -0.316 e. The average Bonchev–Trinajstić information content (AvgIpc) is 2.48. The summed E-state index contributed by atoms with van der Waals surface area (Å²) in [6.45, 7) is 1.77. The summed E-state index contributed by atoms with van der Waals surface area (Å²) in [6.07, 6.45) is 1.34. The molecule has 80 valence electrons. The third-order valence-electron chi connectivity index (χ3n) is 2.88. The van der Waals surface area contributed by atoms with Gasteiger partial charge in [0.15, 0.2) is 0 Å². The summed E-state index contributed by atoms with van der Waals surface area (Å²) in [5.41, 5.74) is 0. The predicted molar refractivity (Wildman–Crippen MR) is 53.2 cm³/mol. The van der Waals surface area contributed by atoms with Gasteiger partial charge in [-0.25, -0.2) is 8.78 Å². The SMILES string of the molecule is CC#CCC(NC)C1CCC(F)(F)C1. The molecular weight excluding hydrogens is 184 g/mol. The number of rotatable bonds is 3. The smallest absolute Gasteiger partial charge is 0.248 e. The third kappa shape index (κ3) is 2.95. The molecule has 1 aliphatic carbocycles. The second kappa shape index (κ2) is 4.75. The Hall–Kier alpha value is -0.620. The minimum absolute atomic E-state index is 0.0178. The first-order chi connectivity index (χ1) is 6.59. The van der Waals surface area contributed by atoms with Gasteiger partial charge in [-0.2, -0.15) is 0 Å². The normalized spacial score (nSPS) is 26.7. The fourth-order valence-electron chi connectivity index (χ4n) is 2.04. The molecule has 14 heavy (non-hydrogen) atoms. The van der Waals surface area contributed by atoms with Gasteiger partial charge in [0.1, 0.15) is 0 Å². The number of hydrogen-bond donors (Lipinski definition) is 1. The molecule has 2 unspecified atom stereocenters. The number of nitrogens with one attached hydrogen (secondary N) is 1. The van der Waals surface area contributed by atoms with E-state index < -0.39 is 5.92 Å². The van der Waals surface area contributed by atoms with Crippen molar-refractivity contribution < 1.29 is 8.78 Å². The van der Waals surface area contributed by atoms with Gasteiger partial charge in [0, 0.05) is 25.3 Å². The van der Waals surface area contributed by atoms with Gasteiger partial charge in [0.25, 0.3) is 0 Å². The zero-order chi connectivity index (χ0) is 10.6. The van der Waals surface area contributed by atoms with E-state index in [9.17, 15) is 8.78 Å². The maximum absolute atomic E-state index is 12.9. The molecule has 1 N–H and O–H groups in total. The lowest BCUT2D eigenvalue weighted by atomic mass is 9.95. The summed E-state index contributed by atoms with van der Waals surface area (Å²) in [7, 11) is 1.82. The Morgan fingerprint density at radius 3 is 2.71 bits per heavy atom. The van der Waals surface area contributed by atoms with Gasteiger partial charge in [-0.1, -0.05) is 0 Å². The molecule has 0 heterocycles. The quantitative estimate of drug-likeness (QED) is 0.691. The van der Waals surface area contributed by atoms with Crippen molar-refractivity contribution in [2.45, 2.75) is 44.6 Å². The van der Waals surface area contributed by atoms with E-state index in [2.05, 4.69) is 17.2 Å². The number of halogens is 2. The number of alkyl halides is 2. The highest BCUT2D eigenvalue weighted by molar-refractivity contribution is 5.01. The van der Waals surface area contributed by atoms with Gasteiger partial charge in [0.2, 0.25) is 5.92 Å². The van der Waals surface area contributed by atoms with Crippen LogP contribution in [0.15, 0.2) is 0 Å². The van der Waals surface area contributed by atoms with E-state index in [1.54, 1.807) is 6.92 Å². The molecule has 1 fully saturated rings. The third-order valence-corrected chi connectivity index (χ3v) is 2.88. The molecule has 1 saturated carbocycles. The molecule has 0 aromatic rings. The molecule has 1 aliphatic rings. The molecule has 0 saturated heterocycles. The topological polar surface area (TPSA) is 12.0 Å². The summed E-state index contributed by atoms with van der Waals surface area (Å²) in [4.78, 5) is 0. The van der Waals surface area contributed by atoms with Crippen LogP contribution in [0, 0.1) is 17.8 Å². The van der Waals surface area contributed by atoms with E-state index in [1.165, 1.54) is 0 Å². The monoisotopic (exact) mass is 201 g/mol. The molecule has 0 aromatic heterocycles. The van der Waals surface area contributed by atoms with Gasteiger partial charge >= 0.3 is 0 Å². The second-order valence-corrected chi connectivity index (χ2v) is 3.88. The van der Waals surface area contributed by atoms with E-state index in [1.807, 2.05) is 7.05 Å². The van der Waals surface area contributed by atoms with Crippen molar-refractivity contribution in [2.75, 3.05) is 7.05 Å². The molecule has 0 aliphatic heterocycles. The molecule has 0 aromatic carbocycles. The molecule has 1 rings (SSSR count). The molecule has 1 nitrogen and oxygen atoms in total. The van der Waals surface area contributed by atoms with Crippen LogP contribution in [-0.2, 0) is 0 Å². The van der Waals surface area contributed by atoms with Gasteiger partial charge < -0.3 is 5.32 Å². The van der Waals surface area contributed by atoms with E-state index in [0.29, 0.717) is 12.8 Å².